The number of anilines is 1. The average molecular weight is 212 g/mol. The van der Waals surface area contributed by atoms with Crippen LogP contribution in [0.2, 0.25) is 0 Å². The summed E-state index contributed by atoms with van der Waals surface area (Å²) < 4.78 is 5.38. The number of ether oxygens (including phenoxy) is 1. The fraction of sp³-hybridized carbons (Fsp3) is 0.700. The van der Waals surface area contributed by atoms with Gasteiger partial charge in [-0.15, -0.1) is 11.3 Å². The zero-order valence-electron chi connectivity index (χ0n) is 8.89. The van der Waals surface area contributed by atoms with Crippen molar-refractivity contribution in [3.05, 3.63) is 10.6 Å². The lowest BCUT2D eigenvalue weighted by atomic mass is 10.0. The van der Waals surface area contributed by atoms with E-state index in [0.29, 0.717) is 0 Å². The monoisotopic (exact) mass is 212 g/mol. The maximum atomic E-state index is 5.38. The highest BCUT2D eigenvalue weighted by Gasteiger charge is 2.30. The van der Waals surface area contributed by atoms with Crippen molar-refractivity contribution in [2.75, 3.05) is 18.5 Å². The largest absolute Gasteiger partial charge is 0.379 e. The van der Waals surface area contributed by atoms with E-state index in [-0.39, 0.29) is 5.54 Å². The smallest absolute Gasteiger partial charge is 0.183 e. The highest BCUT2D eigenvalue weighted by molar-refractivity contribution is 7.15. The highest BCUT2D eigenvalue weighted by Crippen LogP contribution is 2.28. The van der Waals surface area contributed by atoms with Crippen LogP contribution in [0.15, 0.2) is 0 Å². The van der Waals surface area contributed by atoms with Crippen LogP contribution in [0.1, 0.15) is 23.9 Å². The van der Waals surface area contributed by atoms with Crippen molar-refractivity contribution in [1.29, 1.82) is 0 Å². The summed E-state index contributed by atoms with van der Waals surface area (Å²) in [6.45, 7) is 7.97. The fourth-order valence-corrected chi connectivity index (χ4v) is 2.51. The first-order chi connectivity index (χ1) is 6.59. The number of hydrogen-bond acceptors (Lipinski definition) is 4. The maximum absolute atomic E-state index is 5.38. The van der Waals surface area contributed by atoms with E-state index < -0.39 is 0 Å². The lowest BCUT2D eigenvalue weighted by Gasteiger charge is -2.22. The lowest BCUT2D eigenvalue weighted by molar-refractivity contribution is 0.185. The summed E-state index contributed by atoms with van der Waals surface area (Å²) >= 11 is 1.72. The molecule has 0 bridgehead atoms. The topological polar surface area (TPSA) is 34.2 Å². The lowest BCUT2D eigenvalue weighted by Crippen LogP contribution is -2.34. The third-order valence-electron chi connectivity index (χ3n) is 2.66. The summed E-state index contributed by atoms with van der Waals surface area (Å²) in [5.74, 6) is 0. The number of thiazole rings is 1. The maximum Gasteiger partial charge on any atom is 0.183 e. The second-order valence-corrected chi connectivity index (χ2v) is 5.35. The summed E-state index contributed by atoms with van der Waals surface area (Å²) in [5, 5.41) is 4.48. The Labute approximate surface area is 88.5 Å². The molecule has 1 N–H and O–H groups in total. The predicted molar refractivity (Wildman–Crippen MR) is 59.1 cm³/mol. The van der Waals surface area contributed by atoms with Gasteiger partial charge in [0.2, 0.25) is 0 Å². The number of aromatic nitrogens is 1. The molecule has 1 saturated heterocycles. The first kappa shape index (κ1) is 9.93. The van der Waals surface area contributed by atoms with Gasteiger partial charge in [-0.05, 0) is 27.2 Å². The summed E-state index contributed by atoms with van der Waals surface area (Å²) in [6, 6.07) is 0. The normalized spacial score (nSPS) is 26.8. The van der Waals surface area contributed by atoms with Crippen molar-refractivity contribution in [2.45, 2.75) is 32.7 Å². The van der Waals surface area contributed by atoms with Crippen molar-refractivity contribution < 1.29 is 4.74 Å². The highest BCUT2D eigenvalue weighted by atomic mass is 32.1. The first-order valence-corrected chi connectivity index (χ1v) is 5.71. The second-order valence-electron chi connectivity index (χ2n) is 4.15. The van der Waals surface area contributed by atoms with Gasteiger partial charge < -0.3 is 10.1 Å². The molecule has 4 heteroatoms. The van der Waals surface area contributed by atoms with Crippen molar-refractivity contribution in [2.24, 2.45) is 0 Å². The summed E-state index contributed by atoms with van der Waals surface area (Å²) in [4.78, 5) is 5.76. The predicted octanol–water partition coefficient (Wildman–Crippen LogP) is 2.35. The van der Waals surface area contributed by atoms with Crippen LogP contribution in [0, 0.1) is 13.8 Å². The second kappa shape index (κ2) is 3.51. The van der Waals surface area contributed by atoms with Crippen LogP contribution in [0.4, 0.5) is 5.13 Å². The molecule has 14 heavy (non-hydrogen) atoms. The van der Waals surface area contributed by atoms with Crippen LogP contribution in [-0.4, -0.2) is 23.7 Å². The molecule has 0 spiro atoms. The fourth-order valence-electron chi connectivity index (χ4n) is 1.55. The number of nitrogens with one attached hydrogen (secondary N) is 1. The van der Waals surface area contributed by atoms with Crippen LogP contribution in [0.3, 0.4) is 0 Å². The molecule has 2 heterocycles. The summed E-state index contributed by atoms with van der Waals surface area (Å²) in [6.07, 6.45) is 1.06. The minimum Gasteiger partial charge on any atom is -0.379 e. The summed E-state index contributed by atoms with van der Waals surface area (Å²) in [5.41, 5.74) is 1.21. The molecule has 1 fully saturated rings. The van der Waals surface area contributed by atoms with Crippen LogP contribution in [0.25, 0.3) is 0 Å². The Morgan fingerprint density at radius 2 is 2.29 bits per heavy atom. The third-order valence-corrected chi connectivity index (χ3v) is 3.64. The molecular weight excluding hydrogens is 196 g/mol. The molecule has 0 amide bonds. The molecular formula is C10H16N2OS. The van der Waals surface area contributed by atoms with Crippen LogP contribution in [-0.2, 0) is 4.74 Å². The number of aryl methyl sites for hydroxylation is 2. The van der Waals surface area contributed by atoms with Gasteiger partial charge in [-0.25, -0.2) is 4.98 Å². The van der Waals surface area contributed by atoms with E-state index in [1.165, 1.54) is 4.88 Å². The Morgan fingerprint density at radius 1 is 1.50 bits per heavy atom. The molecule has 2 rings (SSSR count). The Bertz CT molecular complexity index is 309. The average Bonchev–Trinajstić information content (AvgIpc) is 2.62. The van der Waals surface area contributed by atoms with Gasteiger partial charge in [-0.3, -0.25) is 0 Å². The number of rotatable bonds is 2. The van der Waals surface area contributed by atoms with E-state index in [1.807, 2.05) is 6.92 Å². The molecule has 0 aromatic carbocycles. The van der Waals surface area contributed by atoms with Gasteiger partial charge in [-0.1, -0.05) is 0 Å². The van der Waals surface area contributed by atoms with Crippen LogP contribution in [0.5, 0.6) is 0 Å². The molecule has 1 aromatic heterocycles. The number of nitrogens with zero attached hydrogens (tertiary/aromatic N) is 1. The molecule has 1 aliphatic heterocycles. The molecule has 0 radical (unpaired) electrons. The van der Waals surface area contributed by atoms with Crippen molar-refractivity contribution in [3.63, 3.8) is 0 Å². The van der Waals surface area contributed by atoms with Crippen molar-refractivity contribution in [3.8, 4) is 0 Å². The van der Waals surface area contributed by atoms with Gasteiger partial charge in [0.1, 0.15) is 0 Å². The van der Waals surface area contributed by atoms with E-state index in [2.05, 4.69) is 24.1 Å². The third kappa shape index (κ3) is 1.91. The Morgan fingerprint density at radius 3 is 2.79 bits per heavy atom. The number of hydrogen-bond donors (Lipinski definition) is 1. The summed E-state index contributed by atoms with van der Waals surface area (Å²) in [7, 11) is 0. The van der Waals surface area contributed by atoms with Gasteiger partial charge in [0.05, 0.1) is 17.8 Å². The van der Waals surface area contributed by atoms with E-state index in [1.54, 1.807) is 11.3 Å². The van der Waals surface area contributed by atoms with E-state index in [4.69, 9.17) is 4.74 Å². The Hall–Kier alpha value is -0.610. The zero-order valence-corrected chi connectivity index (χ0v) is 9.70. The molecule has 0 saturated carbocycles. The molecule has 1 aromatic rings. The Balaban J connectivity index is 2.10. The minimum atomic E-state index is 0.0801. The molecule has 3 nitrogen and oxygen atoms in total. The zero-order chi connectivity index (χ0) is 10.2. The SMILES string of the molecule is Cc1nc(NC2(C)CCOC2)sc1C. The Kier molecular flexibility index (Phi) is 2.49. The van der Waals surface area contributed by atoms with Crippen LogP contribution >= 0.6 is 11.3 Å². The molecule has 1 unspecified atom stereocenters. The standard InChI is InChI=1S/C10H16N2OS/c1-7-8(2)14-9(11-7)12-10(3)4-5-13-6-10/h4-6H2,1-3H3,(H,11,12). The minimum absolute atomic E-state index is 0.0801. The van der Waals surface area contributed by atoms with Gasteiger partial charge in [0, 0.05) is 11.5 Å². The quantitative estimate of drug-likeness (QED) is 0.817. The van der Waals surface area contributed by atoms with E-state index in [9.17, 15) is 0 Å². The van der Waals surface area contributed by atoms with Gasteiger partial charge in [0.15, 0.2) is 5.13 Å². The molecule has 1 aliphatic rings. The van der Waals surface area contributed by atoms with Gasteiger partial charge in [0.25, 0.3) is 0 Å². The van der Waals surface area contributed by atoms with E-state index >= 15 is 0 Å². The molecule has 78 valence electrons. The van der Waals surface area contributed by atoms with Crippen molar-refractivity contribution >= 4 is 16.5 Å². The van der Waals surface area contributed by atoms with Crippen molar-refractivity contribution in [1.82, 2.24) is 4.98 Å². The molecule has 1 atom stereocenters. The van der Waals surface area contributed by atoms with E-state index in [0.717, 1.165) is 30.5 Å². The molecule has 0 aliphatic carbocycles. The van der Waals surface area contributed by atoms with Gasteiger partial charge >= 0.3 is 0 Å². The van der Waals surface area contributed by atoms with Gasteiger partial charge in [-0.2, -0.15) is 0 Å². The first-order valence-electron chi connectivity index (χ1n) is 4.89. The van der Waals surface area contributed by atoms with Crippen LogP contribution < -0.4 is 5.32 Å².